The summed E-state index contributed by atoms with van der Waals surface area (Å²) >= 11 is 0. The number of hydrogen-bond acceptors (Lipinski definition) is 4. The summed E-state index contributed by atoms with van der Waals surface area (Å²) in [4.78, 5) is 14.4. The van der Waals surface area contributed by atoms with Crippen LogP contribution in [0.25, 0.3) is 0 Å². The number of rotatable bonds is 3. The SMILES string of the molecule is Cn1cc(C2(C)CN(C(=O)Cc3ccccc3O)CCO2)cn1. The molecule has 1 fully saturated rings. The molecule has 0 bridgehead atoms. The van der Waals surface area contributed by atoms with E-state index in [1.165, 1.54) is 0 Å². The second kappa shape index (κ2) is 6.04. The van der Waals surface area contributed by atoms with E-state index in [2.05, 4.69) is 5.10 Å². The van der Waals surface area contributed by atoms with Crippen molar-refractivity contribution in [1.29, 1.82) is 0 Å². The van der Waals surface area contributed by atoms with E-state index in [0.29, 0.717) is 25.3 Å². The number of benzene rings is 1. The highest BCUT2D eigenvalue weighted by atomic mass is 16.5. The third-order valence-electron chi connectivity index (χ3n) is 4.28. The van der Waals surface area contributed by atoms with Crippen LogP contribution in [0.4, 0.5) is 0 Å². The monoisotopic (exact) mass is 315 g/mol. The highest BCUT2D eigenvalue weighted by Crippen LogP contribution is 2.29. The van der Waals surface area contributed by atoms with Gasteiger partial charge >= 0.3 is 0 Å². The fourth-order valence-corrected chi connectivity index (χ4v) is 2.89. The quantitative estimate of drug-likeness (QED) is 0.931. The lowest BCUT2D eigenvalue weighted by atomic mass is 9.96. The molecule has 2 heterocycles. The van der Waals surface area contributed by atoms with E-state index in [0.717, 1.165) is 5.56 Å². The van der Waals surface area contributed by atoms with Gasteiger partial charge in [-0.15, -0.1) is 0 Å². The summed E-state index contributed by atoms with van der Waals surface area (Å²) in [5.74, 6) is 0.147. The number of para-hydroxylation sites is 1. The predicted octanol–water partition coefficient (Wildman–Crippen LogP) is 1.44. The van der Waals surface area contributed by atoms with Crippen LogP contribution in [0.3, 0.4) is 0 Å². The summed E-state index contributed by atoms with van der Waals surface area (Å²) in [7, 11) is 1.86. The highest BCUT2D eigenvalue weighted by molar-refractivity contribution is 5.79. The maximum Gasteiger partial charge on any atom is 0.227 e. The number of ether oxygens (including phenoxy) is 1. The maximum absolute atomic E-state index is 12.6. The van der Waals surface area contributed by atoms with Gasteiger partial charge in [0.15, 0.2) is 0 Å². The van der Waals surface area contributed by atoms with Crippen molar-refractivity contribution in [3.63, 3.8) is 0 Å². The topological polar surface area (TPSA) is 67.6 Å². The number of carbonyl (C=O) groups is 1. The first-order valence-corrected chi connectivity index (χ1v) is 7.66. The summed E-state index contributed by atoms with van der Waals surface area (Å²) in [6, 6.07) is 6.94. The molecule has 0 radical (unpaired) electrons. The van der Waals surface area contributed by atoms with Gasteiger partial charge in [0.1, 0.15) is 11.4 Å². The van der Waals surface area contributed by atoms with E-state index in [9.17, 15) is 9.90 Å². The summed E-state index contributed by atoms with van der Waals surface area (Å²) in [6.45, 7) is 3.49. The minimum atomic E-state index is -0.555. The van der Waals surface area contributed by atoms with E-state index in [4.69, 9.17) is 4.74 Å². The molecule has 0 saturated carbocycles. The van der Waals surface area contributed by atoms with Gasteiger partial charge in [-0.25, -0.2) is 0 Å². The number of aryl methyl sites for hydroxylation is 1. The number of morpholine rings is 1. The summed E-state index contributed by atoms with van der Waals surface area (Å²) in [5, 5.41) is 14.0. The third-order valence-corrected chi connectivity index (χ3v) is 4.28. The van der Waals surface area contributed by atoms with Crippen LogP contribution in [0, 0.1) is 0 Å². The zero-order valence-electron chi connectivity index (χ0n) is 13.4. The molecule has 0 spiro atoms. The molecule has 3 rings (SSSR count). The first kappa shape index (κ1) is 15.6. The molecular formula is C17H21N3O3. The predicted molar refractivity (Wildman–Crippen MR) is 84.9 cm³/mol. The molecule has 6 heteroatoms. The van der Waals surface area contributed by atoms with E-state index < -0.39 is 5.60 Å². The van der Waals surface area contributed by atoms with Crippen LogP contribution in [0.2, 0.25) is 0 Å². The molecular weight excluding hydrogens is 294 g/mol. The molecule has 1 aliphatic heterocycles. The van der Waals surface area contributed by atoms with Crippen molar-refractivity contribution in [2.24, 2.45) is 7.05 Å². The van der Waals surface area contributed by atoms with Crippen molar-refractivity contribution in [3.8, 4) is 5.75 Å². The number of phenolic OH excluding ortho intramolecular Hbond substituents is 1. The molecule has 6 nitrogen and oxygen atoms in total. The van der Waals surface area contributed by atoms with Crippen LogP contribution >= 0.6 is 0 Å². The molecule has 2 aromatic rings. The number of nitrogens with zero attached hydrogens (tertiary/aromatic N) is 3. The number of phenols is 1. The van der Waals surface area contributed by atoms with Crippen LogP contribution in [-0.4, -0.2) is 45.4 Å². The van der Waals surface area contributed by atoms with Gasteiger partial charge in [0.2, 0.25) is 5.91 Å². The second-order valence-corrected chi connectivity index (χ2v) is 6.10. The number of carbonyl (C=O) groups excluding carboxylic acids is 1. The van der Waals surface area contributed by atoms with E-state index in [1.54, 1.807) is 34.0 Å². The third kappa shape index (κ3) is 3.22. The van der Waals surface area contributed by atoms with Crippen LogP contribution < -0.4 is 0 Å². The fraction of sp³-hybridized carbons (Fsp3) is 0.412. The Balaban J connectivity index is 1.73. The molecule has 1 amide bonds. The lowest BCUT2D eigenvalue weighted by molar-refractivity contribution is -0.149. The largest absolute Gasteiger partial charge is 0.508 e. The Kier molecular flexibility index (Phi) is 4.09. The van der Waals surface area contributed by atoms with E-state index >= 15 is 0 Å². The lowest BCUT2D eigenvalue weighted by Crippen LogP contribution is -2.50. The Hall–Kier alpha value is -2.34. The number of aromatic nitrogens is 2. The Morgan fingerprint density at radius 2 is 2.22 bits per heavy atom. The molecule has 1 N–H and O–H groups in total. The number of amides is 1. The van der Waals surface area contributed by atoms with Crippen LogP contribution in [0.15, 0.2) is 36.7 Å². The molecule has 1 unspecified atom stereocenters. The Labute approximate surface area is 135 Å². The first-order chi connectivity index (χ1) is 11.0. The Morgan fingerprint density at radius 3 is 2.91 bits per heavy atom. The van der Waals surface area contributed by atoms with Crippen molar-refractivity contribution in [1.82, 2.24) is 14.7 Å². The van der Waals surface area contributed by atoms with E-state index in [-0.39, 0.29) is 18.1 Å². The van der Waals surface area contributed by atoms with Gasteiger partial charge in [-0.05, 0) is 13.0 Å². The average molecular weight is 315 g/mol. The van der Waals surface area contributed by atoms with Gasteiger partial charge in [-0.1, -0.05) is 18.2 Å². The lowest BCUT2D eigenvalue weighted by Gasteiger charge is -2.40. The van der Waals surface area contributed by atoms with Crippen molar-refractivity contribution < 1.29 is 14.6 Å². The zero-order chi connectivity index (χ0) is 16.4. The van der Waals surface area contributed by atoms with Gasteiger partial charge in [-0.3, -0.25) is 9.48 Å². The second-order valence-electron chi connectivity index (χ2n) is 6.10. The molecule has 1 aromatic heterocycles. The first-order valence-electron chi connectivity index (χ1n) is 7.66. The van der Waals surface area contributed by atoms with Crippen molar-refractivity contribution in [3.05, 3.63) is 47.8 Å². The van der Waals surface area contributed by atoms with Crippen LogP contribution in [-0.2, 0) is 28.6 Å². The van der Waals surface area contributed by atoms with Crippen LogP contribution in [0.1, 0.15) is 18.1 Å². The average Bonchev–Trinajstić information content (AvgIpc) is 2.97. The van der Waals surface area contributed by atoms with E-state index in [1.807, 2.05) is 26.2 Å². The molecule has 1 aromatic carbocycles. The Morgan fingerprint density at radius 1 is 1.43 bits per heavy atom. The molecule has 23 heavy (non-hydrogen) atoms. The Bertz CT molecular complexity index is 713. The molecule has 1 aliphatic rings. The maximum atomic E-state index is 12.6. The standard InChI is InChI=1S/C17H21N3O3/c1-17(14-10-18-19(2)11-14)12-20(7-8-23-17)16(22)9-13-5-3-4-6-15(13)21/h3-6,10-11,21H,7-9,12H2,1-2H3. The number of aromatic hydroxyl groups is 1. The highest BCUT2D eigenvalue weighted by Gasteiger charge is 2.36. The zero-order valence-corrected chi connectivity index (χ0v) is 13.4. The fourth-order valence-electron chi connectivity index (χ4n) is 2.89. The number of hydrogen-bond donors (Lipinski definition) is 1. The minimum Gasteiger partial charge on any atom is -0.508 e. The van der Waals surface area contributed by atoms with Gasteiger partial charge in [0.05, 0.1) is 25.8 Å². The molecule has 0 aliphatic carbocycles. The molecule has 1 saturated heterocycles. The van der Waals surface area contributed by atoms with Gasteiger partial charge in [0.25, 0.3) is 0 Å². The molecule has 122 valence electrons. The van der Waals surface area contributed by atoms with Gasteiger partial charge in [0, 0.05) is 30.9 Å². The normalized spacial score (nSPS) is 21.4. The molecule has 1 atom stereocenters. The smallest absolute Gasteiger partial charge is 0.227 e. The van der Waals surface area contributed by atoms with Gasteiger partial charge < -0.3 is 14.7 Å². The van der Waals surface area contributed by atoms with Crippen LogP contribution in [0.5, 0.6) is 5.75 Å². The summed E-state index contributed by atoms with van der Waals surface area (Å²) in [5.41, 5.74) is 1.05. The summed E-state index contributed by atoms with van der Waals surface area (Å²) in [6.07, 6.45) is 3.88. The van der Waals surface area contributed by atoms with Crippen molar-refractivity contribution >= 4 is 5.91 Å². The van der Waals surface area contributed by atoms with Gasteiger partial charge in [-0.2, -0.15) is 5.10 Å². The minimum absolute atomic E-state index is 0.00934. The van der Waals surface area contributed by atoms with Crippen molar-refractivity contribution in [2.45, 2.75) is 18.9 Å². The summed E-state index contributed by atoms with van der Waals surface area (Å²) < 4.78 is 7.65. The van der Waals surface area contributed by atoms with Crippen molar-refractivity contribution in [2.75, 3.05) is 19.7 Å².